The molecule has 1 saturated heterocycles. The molecule has 4 nitrogen and oxygen atoms in total. The summed E-state index contributed by atoms with van der Waals surface area (Å²) in [6.45, 7) is 5.60. The number of carbonyl (C=O) groups excluding carboxylic acids is 1. The van der Waals surface area contributed by atoms with Crippen LogP contribution in [0.1, 0.15) is 45.5 Å². The molecule has 6 heteroatoms. The van der Waals surface area contributed by atoms with Crippen LogP contribution in [-0.2, 0) is 0 Å². The van der Waals surface area contributed by atoms with Gasteiger partial charge in [-0.1, -0.05) is 11.6 Å². The van der Waals surface area contributed by atoms with Gasteiger partial charge in [0.15, 0.2) is 0 Å². The molecule has 2 aromatic heterocycles. The number of aromatic nitrogens is 2. The van der Waals surface area contributed by atoms with Crippen LogP contribution in [0.5, 0.6) is 0 Å². The topological polar surface area (TPSA) is 38.1 Å². The van der Waals surface area contributed by atoms with Gasteiger partial charge in [0, 0.05) is 52.7 Å². The molecule has 0 bridgehead atoms. The lowest BCUT2D eigenvalue weighted by molar-refractivity contribution is 0.0706. The Morgan fingerprint density at radius 3 is 2.74 bits per heavy atom. The molecule has 1 unspecified atom stereocenters. The molecule has 3 aromatic rings. The molecule has 0 aliphatic carbocycles. The number of thiazole rings is 1. The van der Waals surface area contributed by atoms with Gasteiger partial charge < -0.3 is 9.47 Å². The number of amides is 1. The number of benzene rings is 1. The van der Waals surface area contributed by atoms with E-state index < -0.39 is 0 Å². The monoisotopic (exact) mass is 399 g/mol. The van der Waals surface area contributed by atoms with E-state index in [-0.39, 0.29) is 5.91 Å². The van der Waals surface area contributed by atoms with Gasteiger partial charge in [0.2, 0.25) is 0 Å². The number of rotatable bonds is 3. The number of hydrogen-bond donors (Lipinski definition) is 0. The average molecular weight is 400 g/mol. The Labute approximate surface area is 168 Å². The molecule has 4 rings (SSSR count). The van der Waals surface area contributed by atoms with Crippen LogP contribution in [0, 0.1) is 13.8 Å². The first kappa shape index (κ1) is 18.3. The highest BCUT2D eigenvalue weighted by Gasteiger charge is 2.28. The molecule has 0 radical (unpaired) electrons. The fourth-order valence-electron chi connectivity index (χ4n) is 3.94. The van der Waals surface area contributed by atoms with Gasteiger partial charge >= 0.3 is 0 Å². The van der Waals surface area contributed by atoms with E-state index in [9.17, 15) is 4.79 Å². The molecule has 1 aromatic carbocycles. The van der Waals surface area contributed by atoms with Crippen molar-refractivity contribution in [3.8, 4) is 5.69 Å². The van der Waals surface area contributed by atoms with E-state index in [0.717, 1.165) is 53.6 Å². The summed E-state index contributed by atoms with van der Waals surface area (Å²) in [4.78, 5) is 19.7. The molecule has 1 atom stereocenters. The first-order chi connectivity index (χ1) is 13.0. The highest BCUT2D eigenvalue weighted by molar-refractivity contribution is 7.09. The van der Waals surface area contributed by atoms with E-state index >= 15 is 0 Å². The van der Waals surface area contributed by atoms with Crippen molar-refractivity contribution in [3.63, 3.8) is 0 Å². The zero-order chi connectivity index (χ0) is 19.0. The fraction of sp³-hybridized carbons (Fsp3) is 0.333. The molecule has 3 heterocycles. The van der Waals surface area contributed by atoms with Crippen LogP contribution in [0.4, 0.5) is 0 Å². The fourth-order valence-corrected chi connectivity index (χ4v) is 4.83. The highest BCUT2D eigenvalue weighted by atomic mass is 35.5. The van der Waals surface area contributed by atoms with Gasteiger partial charge in [0.05, 0.1) is 10.6 Å². The molecule has 1 aliphatic rings. The van der Waals surface area contributed by atoms with E-state index in [1.807, 2.05) is 60.7 Å². The second kappa shape index (κ2) is 7.49. The molecule has 1 amide bonds. The predicted molar refractivity (Wildman–Crippen MR) is 110 cm³/mol. The number of piperidine rings is 1. The largest absolute Gasteiger partial charge is 0.338 e. The minimum Gasteiger partial charge on any atom is -0.338 e. The van der Waals surface area contributed by atoms with Gasteiger partial charge in [-0.3, -0.25) is 4.79 Å². The minimum atomic E-state index is 0.115. The summed E-state index contributed by atoms with van der Waals surface area (Å²) in [6, 6.07) is 9.71. The predicted octanol–water partition coefficient (Wildman–Crippen LogP) is 5.22. The number of aryl methyl sites for hydroxylation is 1. The number of carbonyl (C=O) groups is 1. The van der Waals surface area contributed by atoms with E-state index in [4.69, 9.17) is 11.6 Å². The third-order valence-corrected chi connectivity index (χ3v) is 6.45. The molecule has 0 spiro atoms. The summed E-state index contributed by atoms with van der Waals surface area (Å²) in [5, 5.41) is 3.86. The number of hydrogen-bond acceptors (Lipinski definition) is 3. The molecular weight excluding hydrogens is 378 g/mol. The summed E-state index contributed by atoms with van der Waals surface area (Å²) in [7, 11) is 0. The Morgan fingerprint density at radius 1 is 1.26 bits per heavy atom. The normalized spacial score (nSPS) is 17.3. The van der Waals surface area contributed by atoms with Crippen molar-refractivity contribution in [3.05, 3.63) is 68.9 Å². The van der Waals surface area contributed by atoms with Gasteiger partial charge in [-0.15, -0.1) is 11.3 Å². The maximum Gasteiger partial charge on any atom is 0.255 e. The van der Waals surface area contributed by atoms with Crippen molar-refractivity contribution < 1.29 is 4.79 Å². The van der Waals surface area contributed by atoms with E-state index in [1.165, 1.54) is 0 Å². The SMILES string of the molecule is Cc1cc(C(=O)N2CCCC(c3nccs3)C2)c(C)n1-c1ccc(Cl)cc1. The van der Waals surface area contributed by atoms with Gasteiger partial charge in [-0.2, -0.15) is 0 Å². The molecule has 0 saturated carbocycles. The van der Waals surface area contributed by atoms with Crippen LogP contribution in [0.3, 0.4) is 0 Å². The summed E-state index contributed by atoms with van der Waals surface area (Å²) in [5.74, 6) is 0.465. The quantitative estimate of drug-likeness (QED) is 0.605. The smallest absolute Gasteiger partial charge is 0.255 e. The highest BCUT2D eigenvalue weighted by Crippen LogP contribution is 2.30. The third-order valence-electron chi connectivity index (χ3n) is 5.26. The minimum absolute atomic E-state index is 0.115. The lowest BCUT2D eigenvalue weighted by atomic mass is 9.98. The van der Waals surface area contributed by atoms with Gasteiger partial charge in [0.25, 0.3) is 5.91 Å². The Bertz CT molecular complexity index is 947. The zero-order valence-corrected chi connectivity index (χ0v) is 17.1. The van der Waals surface area contributed by atoms with Crippen molar-refractivity contribution in [2.75, 3.05) is 13.1 Å². The summed E-state index contributed by atoms with van der Waals surface area (Å²) in [5.41, 5.74) is 3.82. The molecule has 0 N–H and O–H groups in total. The van der Waals surface area contributed by atoms with Crippen molar-refractivity contribution in [1.29, 1.82) is 0 Å². The first-order valence-electron chi connectivity index (χ1n) is 9.18. The molecule has 1 aliphatic heterocycles. The summed E-state index contributed by atoms with van der Waals surface area (Å²) < 4.78 is 2.12. The lowest BCUT2D eigenvalue weighted by Gasteiger charge is -2.32. The van der Waals surface area contributed by atoms with Crippen LogP contribution < -0.4 is 0 Å². The Hall–Kier alpha value is -2.11. The Morgan fingerprint density at radius 2 is 2.04 bits per heavy atom. The zero-order valence-electron chi connectivity index (χ0n) is 15.5. The second-order valence-corrected chi connectivity index (χ2v) is 8.42. The van der Waals surface area contributed by atoms with E-state index in [0.29, 0.717) is 10.9 Å². The number of halogens is 1. The molecule has 1 fully saturated rings. The van der Waals surface area contributed by atoms with Crippen LogP contribution in [0.15, 0.2) is 41.9 Å². The second-order valence-electron chi connectivity index (χ2n) is 7.06. The Balaban J connectivity index is 1.60. The van der Waals surface area contributed by atoms with E-state index in [1.54, 1.807) is 11.3 Å². The Kier molecular flexibility index (Phi) is 5.06. The third kappa shape index (κ3) is 3.54. The molecule has 140 valence electrons. The number of likely N-dealkylation sites (tertiary alicyclic amines) is 1. The molecular formula is C21H22ClN3OS. The van der Waals surface area contributed by atoms with Gasteiger partial charge in [-0.05, 0) is 57.0 Å². The van der Waals surface area contributed by atoms with Crippen LogP contribution >= 0.6 is 22.9 Å². The van der Waals surface area contributed by atoms with Crippen molar-refractivity contribution in [2.24, 2.45) is 0 Å². The van der Waals surface area contributed by atoms with Gasteiger partial charge in [0.1, 0.15) is 0 Å². The maximum atomic E-state index is 13.3. The summed E-state index contributed by atoms with van der Waals surface area (Å²) >= 11 is 7.70. The number of nitrogens with zero attached hydrogens (tertiary/aromatic N) is 3. The average Bonchev–Trinajstić information content (AvgIpc) is 3.31. The van der Waals surface area contributed by atoms with Crippen LogP contribution in [0.25, 0.3) is 5.69 Å². The standard InChI is InChI=1S/C21H22ClN3OS/c1-14-12-19(15(2)25(14)18-7-5-17(22)6-8-18)21(26)24-10-3-4-16(13-24)20-23-9-11-27-20/h5-9,11-12,16H,3-4,10,13H2,1-2H3. The van der Waals surface area contributed by atoms with Crippen LogP contribution in [-0.4, -0.2) is 33.4 Å². The van der Waals surface area contributed by atoms with E-state index in [2.05, 4.69) is 9.55 Å². The molecule has 27 heavy (non-hydrogen) atoms. The van der Waals surface area contributed by atoms with Gasteiger partial charge in [-0.25, -0.2) is 4.98 Å². The summed E-state index contributed by atoms with van der Waals surface area (Å²) in [6.07, 6.45) is 3.97. The van der Waals surface area contributed by atoms with Crippen molar-refractivity contribution in [1.82, 2.24) is 14.5 Å². The van der Waals surface area contributed by atoms with Crippen molar-refractivity contribution in [2.45, 2.75) is 32.6 Å². The maximum absolute atomic E-state index is 13.3. The van der Waals surface area contributed by atoms with Crippen molar-refractivity contribution >= 4 is 28.8 Å². The van der Waals surface area contributed by atoms with Crippen LogP contribution in [0.2, 0.25) is 5.02 Å². The first-order valence-corrected chi connectivity index (χ1v) is 10.4. The lowest BCUT2D eigenvalue weighted by Crippen LogP contribution is -2.39.